The third kappa shape index (κ3) is 2.85. The number of benzene rings is 1. The van der Waals surface area contributed by atoms with Gasteiger partial charge in [-0.15, -0.1) is 11.8 Å². The normalized spacial score (nSPS) is 34.2. The summed E-state index contributed by atoms with van der Waals surface area (Å²) >= 11 is 1.99. The summed E-state index contributed by atoms with van der Waals surface area (Å²) < 4.78 is 0. The molecule has 2 heteroatoms. The molecule has 3 rings (SSSR count). The van der Waals surface area contributed by atoms with Crippen molar-refractivity contribution < 1.29 is 5.11 Å². The van der Waals surface area contributed by atoms with E-state index in [1.165, 1.54) is 41.9 Å². The molecule has 4 unspecified atom stereocenters. The largest absolute Gasteiger partial charge is 0.393 e. The zero-order valence-corrected chi connectivity index (χ0v) is 12.5. The van der Waals surface area contributed by atoms with Crippen LogP contribution in [0.5, 0.6) is 0 Å². The summed E-state index contributed by atoms with van der Waals surface area (Å²) in [5.74, 6) is 3.24. The number of thioether (sulfide) groups is 1. The highest BCUT2D eigenvalue weighted by atomic mass is 32.2. The van der Waals surface area contributed by atoms with Crippen LogP contribution < -0.4 is 0 Å². The number of hydrogen-bond donors (Lipinski definition) is 1. The molecule has 1 aliphatic carbocycles. The Bertz CT molecular complexity index is 431. The Labute approximate surface area is 120 Å². The molecule has 1 aromatic carbocycles. The van der Waals surface area contributed by atoms with Crippen LogP contribution in [-0.4, -0.2) is 17.0 Å². The first-order valence-corrected chi connectivity index (χ1v) is 8.66. The molecule has 1 nitrogen and oxygen atoms in total. The molecule has 1 saturated carbocycles. The van der Waals surface area contributed by atoms with Crippen LogP contribution >= 0.6 is 11.8 Å². The van der Waals surface area contributed by atoms with E-state index in [1.54, 1.807) is 0 Å². The standard InChI is InChI=1S/C17H24OS/c1-2-12-7-8-16(18)13(9-12)10-14-11-19-17-6-4-3-5-15(14)17/h3-6,12-14,16,18H,2,7-11H2,1H3. The molecule has 1 N–H and O–H groups in total. The van der Waals surface area contributed by atoms with Crippen molar-refractivity contribution in [1.29, 1.82) is 0 Å². The van der Waals surface area contributed by atoms with Crippen molar-refractivity contribution >= 4 is 11.8 Å². The fourth-order valence-electron chi connectivity index (χ4n) is 3.76. The maximum atomic E-state index is 10.3. The Balaban J connectivity index is 1.68. The lowest BCUT2D eigenvalue weighted by atomic mass is 9.74. The molecule has 19 heavy (non-hydrogen) atoms. The van der Waals surface area contributed by atoms with Gasteiger partial charge in [-0.3, -0.25) is 0 Å². The minimum absolute atomic E-state index is 0.0550. The molecule has 1 aliphatic heterocycles. The minimum Gasteiger partial charge on any atom is -0.393 e. The van der Waals surface area contributed by atoms with Gasteiger partial charge in [-0.25, -0.2) is 0 Å². The number of hydrogen-bond acceptors (Lipinski definition) is 2. The van der Waals surface area contributed by atoms with Crippen molar-refractivity contribution in [2.75, 3.05) is 5.75 Å². The smallest absolute Gasteiger partial charge is 0.0568 e. The second-order valence-electron chi connectivity index (χ2n) is 6.20. The molecule has 0 saturated heterocycles. The molecule has 0 aromatic heterocycles. The Morgan fingerprint density at radius 2 is 2.11 bits per heavy atom. The third-order valence-corrected chi connectivity index (χ3v) is 6.27. The first kappa shape index (κ1) is 13.5. The van der Waals surface area contributed by atoms with Gasteiger partial charge >= 0.3 is 0 Å². The monoisotopic (exact) mass is 276 g/mol. The van der Waals surface area contributed by atoms with Gasteiger partial charge in [0.15, 0.2) is 0 Å². The molecule has 1 heterocycles. The van der Waals surface area contributed by atoms with Gasteiger partial charge in [-0.2, -0.15) is 0 Å². The van der Waals surface area contributed by atoms with Gasteiger partial charge in [0.05, 0.1) is 6.10 Å². The van der Waals surface area contributed by atoms with Crippen molar-refractivity contribution in [3.05, 3.63) is 29.8 Å². The number of aliphatic hydroxyl groups excluding tert-OH is 1. The van der Waals surface area contributed by atoms with E-state index in [2.05, 4.69) is 31.2 Å². The summed E-state index contributed by atoms with van der Waals surface area (Å²) in [5, 5.41) is 10.3. The summed E-state index contributed by atoms with van der Waals surface area (Å²) in [5.41, 5.74) is 1.53. The van der Waals surface area contributed by atoms with Crippen molar-refractivity contribution in [3.8, 4) is 0 Å². The molecular formula is C17H24OS. The van der Waals surface area contributed by atoms with E-state index in [0.29, 0.717) is 11.8 Å². The van der Waals surface area contributed by atoms with Gasteiger partial charge in [0.2, 0.25) is 0 Å². The van der Waals surface area contributed by atoms with Gasteiger partial charge < -0.3 is 5.11 Å². The fraction of sp³-hybridized carbons (Fsp3) is 0.647. The van der Waals surface area contributed by atoms with Crippen LogP contribution in [0.3, 0.4) is 0 Å². The van der Waals surface area contributed by atoms with Crippen LogP contribution in [0, 0.1) is 11.8 Å². The number of fused-ring (bicyclic) bond motifs is 1. The van der Waals surface area contributed by atoms with Crippen molar-refractivity contribution in [3.63, 3.8) is 0 Å². The van der Waals surface area contributed by atoms with Crippen LogP contribution in [0.2, 0.25) is 0 Å². The first-order valence-electron chi connectivity index (χ1n) is 7.67. The van der Waals surface area contributed by atoms with Crippen LogP contribution in [-0.2, 0) is 0 Å². The number of rotatable bonds is 3. The maximum absolute atomic E-state index is 10.3. The van der Waals surface area contributed by atoms with Crippen molar-refractivity contribution in [1.82, 2.24) is 0 Å². The van der Waals surface area contributed by atoms with Crippen LogP contribution in [0.4, 0.5) is 0 Å². The lowest BCUT2D eigenvalue weighted by molar-refractivity contribution is 0.0404. The highest BCUT2D eigenvalue weighted by Gasteiger charge is 2.32. The second kappa shape index (κ2) is 5.88. The average Bonchev–Trinajstić information content (AvgIpc) is 2.85. The van der Waals surface area contributed by atoms with Crippen LogP contribution in [0.25, 0.3) is 0 Å². The van der Waals surface area contributed by atoms with Crippen LogP contribution in [0.1, 0.15) is 50.5 Å². The van der Waals surface area contributed by atoms with E-state index in [9.17, 15) is 5.11 Å². The molecule has 0 bridgehead atoms. The van der Waals surface area contributed by atoms with Gasteiger partial charge in [0.25, 0.3) is 0 Å². The molecule has 4 atom stereocenters. The van der Waals surface area contributed by atoms with E-state index in [1.807, 2.05) is 11.8 Å². The molecule has 1 fully saturated rings. The van der Waals surface area contributed by atoms with E-state index in [4.69, 9.17) is 0 Å². The van der Waals surface area contributed by atoms with Gasteiger partial charge in [0.1, 0.15) is 0 Å². The molecule has 2 aliphatic rings. The summed E-state index contributed by atoms with van der Waals surface area (Å²) in [6.07, 6.45) is 5.89. The fourth-order valence-corrected chi connectivity index (χ4v) is 5.03. The summed E-state index contributed by atoms with van der Waals surface area (Å²) in [7, 11) is 0. The highest BCUT2D eigenvalue weighted by Crippen LogP contribution is 2.45. The Morgan fingerprint density at radius 3 is 2.95 bits per heavy atom. The zero-order chi connectivity index (χ0) is 13.2. The van der Waals surface area contributed by atoms with Gasteiger partial charge in [0, 0.05) is 10.6 Å². The van der Waals surface area contributed by atoms with E-state index >= 15 is 0 Å². The molecule has 1 aromatic rings. The Kier molecular flexibility index (Phi) is 4.18. The topological polar surface area (TPSA) is 20.2 Å². The average molecular weight is 276 g/mol. The van der Waals surface area contributed by atoms with Crippen molar-refractivity contribution in [2.45, 2.75) is 55.9 Å². The van der Waals surface area contributed by atoms with E-state index in [-0.39, 0.29) is 6.10 Å². The SMILES string of the molecule is CCC1CCC(O)C(CC2CSc3ccccc32)C1. The lowest BCUT2D eigenvalue weighted by Crippen LogP contribution is -2.30. The van der Waals surface area contributed by atoms with Gasteiger partial charge in [-0.05, 0) is 55.1 Å². The van der Waals surface area contributed by atoms with E-state index in [0.717, 1.165) is 12.3 Å². The summed E-state index contributed by atoms with van der Waals surface area (Å²) in [6.45, 7) is 2.29. The maximum Gasteiger partial charge on any atom is 0.0568 e. The second-order valence-corrected chi connectivity index (χ2v) is 7.26. The van der Waals surface area contributed by atoms with Crippen LogP contribution in [0.15, 0.2) is 29.2 Å². The first-order chi connectivity index (χ1) is 9.28. The Morgan fingerprint density at radius 1 is 1.26 bits per heavy atom. The lowest BCUT2D eigenvalue weighted by Gasteiger charge is -2.34. The molecular weight excluding hydrogens is 252 g/mol. The molecule has 0 radical (unpaired) electrons. The third-order valence-electron chi connectivity index (χ3n) is 5.01. The van der Waals surface area contributed by atoms with Crippen molar-refractivity contribution in [2.24, 2.45) is 11.8 Å². The minimum atomic E-state index is -0.0550. The number of aliphatic hydroxyl groups is 1. The predicted molar refractivity (Wildman–Crippen MR) is 81.7 cm³/mol. The predicted octanol–water partition coefficient (Wildman–Crippen LogP) is 4.45. The molecule has 104 valence electrons. The molecule has 0 spiro atoms. The Hall–Kier alpha value is -0.470. The summed E-state index contributed by atoms with van der Waals surface area (Å²) in [6, 6.07) is 8.82. The summed E-state index contributed by atoms with van der Waals surface area (Å²) in [4.78, 5) is 1.46. The quantitative estimate of drug-likeness (QED) is 0.880. The molecule has 0 amide bonds. The zero-order valence-electron chi connectivity index (χ0n) is 11.7. The van der Waals surface area contributed by atoms with E-state index < -0.39 is 0 Å². The highest BCUT2D eigenvalue weighted by molar-refractivity contribution is 7.99. The van der Waals surface area contributed by atoms with Gasteiger partial charge in [-0.1, -0.05) is 31.5 Å².